The zero-order chi connectivity index (χ0) is 20.3. The third kappa shape index (κ3) is 4.01. The standard InChI is InChI=1S/C24H23NO3/c1-15-13-16(2)23(18(4)26)17(3)21(15)14-28-22(27)11-10-20-8-5-7-19-9-6-12-25-24(19)20/h5-13H,14H2,1-4H3/b11-10+. The molecular formula is C24H23NO3. The van der Waals surface area contributed by atoms with E-state index < -0.39 is 5.97 Å². The summed E-state index contributed by atoms with van der Waals surface area (Å²) >= 11 is 0. The van der Waals surface area contributed by atoms with Gasteiger partial charge in [0.05, 0.1) is 5.52 Å². The summed E-state index contributed by atoms with van der Waals surface area (Å²) in [5.41, 5.74) is 6.11. The van der Waals surface area contributed by atoms with Crippen LogP contribution in [-0.4, -0.2) is 16.7 Å². The molecule has 0 atom stereocenters. The second-order valence-corrected chi connectivity index (χ2v) is 6.91. The lowest BCUT2D eigenvalue weighted by molar-refractivity contribution is -0.138. The van der Waals surface area contributed by atoms with Crippen molar-refractivity contribution in [2.24, 2.45) is 0 Å². The van der Waals surface area contributed by atoms with Gasteiger partial charge >= 0.3 is 5.97 Å². The van der Waals surface area contributed by atoms with E-state index in [1.807, 2.05) is 57.2 Å². The van der Waals surface area contributed by atoms with Crippen LogP contribution in [0.2, 0.25) is 0 Å². The number of rotatable bonds is 5. The Bertz CT molecular complexity index is 1090. The number of ketones is 1. The fraction of sp³-hybridized carbons (Fsp3) is 0.208. The van der Waals surface area contributed by atoms with E-state index in [4.69, 9.17) is 4.74 Å². The number of hydrogen-bond acceptors (Lipinski definition) is 4. The Morgan fingerprint density at radius 1 is 1.07 bits per heavy atom. The van der Waals surface area contributed by atoms with Crippen molar-refractivity contribution in [3.63, 3.8) is 0 Å². The van der Waals surface area contributed by atoms with E-state index in [1.165, 1.54) is 6.08 Å². The van der Waals surface area contributed by atoms with Gasteiger partial charge in [0.15, 0.2) is 5.78 Å². The first-order valence-corrected chi connectivity index (χ1v) is 9.17. The van der Waals surface area contributed by atoms with Gasteiger partial charge < -0.3 is 4.74 Å². The number of hydrogen-bond donors (Lipinski definition) is 0. The number of ether oxygens (including phenoxy) is 1. The molecule has 4 heteroatoms. The van der Waals surface area contributed by atoms with E-state index in [0.717, 1.165) is 38.7 Å². The van der Waals surface area contributed by atoms with E-state index >= 15 is 0 Å². The number of aryl methyl sites for hydroxylation is 2. The lowest BCUT2D eigenvalue weighted by Gasteiger charge is -2.15. The molecule has 1 heterocycles. The smallest absolute Gasteiger partial charge is 0.331 e. The summed E-state index contributed by atoms with van der Waals surface area (Å²) in [6, 6.07) is 11.6. The second-order valence-electron chi connectivity index (χ2n) is 6.91. The van der Waals surface area contributed by atoms with Gasteiger partial charge in [-0.25, -0.2) is 4.79 Å². The first-order valence-electron chi connectivity index (χ1n) is 9.17. The zero-order valence-corrected chi connectivity index (χ0v) is 16.6. The first kappa shape index (κ1) is 19.5. The average molecular weight is 373 g/mol. The van der Waals surface area contributed by atoms with Gasteiger partial charge in [-0.2, -0.15) is 0 Å². The van der Waals surface area contributed by atoms with Gasteiger partial charge in [0.2, 0.25) is 0 Å². The molecule has 0 N–H and O–H groups in total. The number of carbonyl (C=O) groups is 2. The molecule has 28 heavy (non-hydrogen) atoms. The molecule has 0 amide bonds. The summed E-state index contributed by atoms with van der Waals surface area (Å²) in [5, 5.41) is 1.01. The molecule has 1 aromatic heterocycles. The molecule has 0 fully saturated rings. The third-order valence-electron chi connectivity index (χ3n) is 4.90. The Hall–Kier alpha value is -3.27. The predicted octanol–water partition coefficient (Wildman–Crippen LogP) is 5.12. The summed E-state index contributed by atoms with van der Waals surface area (Å²) in [7, 11) is 0. The number of para-hydroxylation sites is 1. The van der Waals surface area contributed by atoms with E-state index in [9.17, 15) is 9.59 Å². The van der Waals surface area contributed by atoms with Gasteiger partial charge in [0, 0.05) is 28.8 Å². The highest BCUT2D eigenvalue weighted by Gasteiger charge is 2.15. The average Bonchev–Trinajstić information content (AvgIpc) is 2.65. The van der Waals surface area contributed by atoms with Crippen LogP contribution in [0.5, 0.6) is 0 Å². The van der Waals surface area contributed by atoms with E-state index in [1.54, 1.807) is 19.2 Å². The highest BCUT2D eigenvalue weighted by molar-refractivity contribution is 5.97. The maximum Gasteiger partial charge on any atom is 0.331 e. The van der Waals surface area contributed by atoms with Crippen molar-refractivity contribution in [2.75, 3.05) is 0 Å². The lowest BCUT2D eigenvalue weighted by Crippen LogP contribution is -2.09. The topological polar surface area (TPSA) is 56.3 Å². The van der Waals surface area contributed by atoms with Gasteiger partial charge in [0.1, 0.15) is 6.61 Å². The van der Waals surface area contributed by atoms with Crippen LogP contribution >= 0.6 is 0 Å². The minimum Gasteiger partial charge on any atom is -0.458 e. The number of aromatic nitrogens is 1. The highest BCUT2D eigenvalue weighted by atomic mass is 16.5. The van der Waals surface area contributed by atoms with Crippen LogP contribution in [-0.2, 0) is 16.1 Å². The zero-order valence-electron chi connectivity index (χ0n) is 16.6. The number of carbonyl (C=O) groups excluding carboxylic acids is 2. The van der Waals surface area contributed by atoms with Gasteiger partial charge in [-0.1, -0.05) is 30.3 Å². The predicted molar refractivity (Wildman–Crippen MR) is 111 cm³/mol. The van der Waals surface area contributed by atoms with Gasteiger partial charge in [-0.15, -0.1) is 0 Å². The molecule has 0 saturated heterocycles. The molecule has 0 radical (unpaired) electrons. The normalized spacial score (nSPS) is 11.1. The Labute approximate surface area is 164 Å². The third-order valence-corrected chi connectivity index (χ3v) is 4.90. The summed E-state index contributed by atoms with van der Waals surface area (Å²) in [4.78, 5) is 28.5. The summed E-state index contributed by atoms with van der Waals surface area (Å²) < 4.78 is 5.44. The molecule has 142 valence electrons. The van der Waals surface area contributed by atoms with Crippen molar-refractivity contribution < 1.29 is 14.3 Å². The molecule has 0 aliphatic heterocycles. The van der Waals surface area contributed by atoms with Crippen molar-refractivity contribution in [3.8, 4) is 0 Å². The maximum absolute atomic E-state index is 12.2. The Balaban J connectivity index is 1.77. The minimum absolute atomic E-state index is 0.0194. The Morgan fingerprint density at radius 2 is 1.82 bits per heavy atom. The van der Waals surface area contributed by atoms with Crippen LogP contribution in [0, 0.1) is 20.8 Å². The van der Waals surface area contributed by atoms with Crippen molar-refractivity contribution in [1.29, 1.82) is 0 Å². The number of Topliss-reactive ketones (excluding diaryl/α,β-unsaturated/α-hetero) is 1. The molecule has 2 aromatic carbocycles. The molecule has 0 spiro atoms. The minimum atomic E-state index is -0.434. The number of fused-ring (bicyclic) bond motifs is 1. The van der Waals surface area contributed by atoms with Crippen molar-refractivity contribution in [3.05, 3.63) is 82.1 Å². The van der Waals surface area contributed by atoms with Crippen LogP contribution in [0.1, 0.15) is 45.1 Å². The van der Waals surface area contributed by atoms with Crippen LogP contribution in [0.25, 0.3) is 17.0 Å². The molecule has 0 unspecified atom stereocenters. The van der Waals surface area contributed by atoms with Crippen molar-refractivity contribution in [1.82, 2.24) is 4.98 Å². The summed E-state index contributed by atoms with van der Waals surface area (Å²) in [6.45, 7) is 7.48. The molecule has 0 aliphatic carbocycles. The van der Waals surface area contributed by atoms with Crippen molar-refractivity contribution >= 4 is 28.7 Å². The molecule has 3 aromatic rings. The van der Waals surface area contributed by atoms with Gasteiger partial charge in [-0.05, 0) is 62.1 Å². The maximum atomic E-state index is 12.2. The Kier molecular flexibility index (Phi) is 5.69. The monoisotopic (exact) mass is 373 g/mol. The quantitative estimate of drug-likeness (QED) is 0.354. The van der Waals surface area contributed by atoms with Gasteiger partial charge in [-0.3, -0.25) is 9.78 Å². The first-order chi connectivity index (χ1) is 13.4. The van der Waals surface area contributed by atoms with Gasteiger partial charge in [0.25, 0.3) is 0 Å². The largest absolute Gasteiger partial charge is 0.458 e. The van der Waals surface area contributed by atoms with Crippen molar-refractivity contribution in [2.45, 2.75) is 34.3 Å². The molecule has 0 bridgehead atoms. The van der Waals surface area contributed by atoms with Crippen LogP contribution in [0.15, 0.2) is 48.7 Å². The van der Waals surface area contributed by atoms with Crippen LogP contribution in [0.4, 0.5) is 0 Å². The molecule has 0 aliphatic rings. The van der Waals surface area contributed by atoms with E-state index in [2.05, 4.69) is 4.98 Å². The highest BCUT2D eigenvalue weighted by Crippen LogP contribution is 2.24. The summed E-state index contributed by atoms with van der Waals surface area (Å²) in [5.74, 6) is -0.414. The number of nitrogens with zero attached hydrogens (tertiary/aromatic N) is 1. The molecule has 4 nitrogen and oxygen atoms in total. The Morgan fingerprint density at radius 3 is 2.57 bits per heavy atom. The molecule has 3 rings (SSSR count). The van der Waals surface area contributed by atoms with Crippen LogP contribution in [0.3, 0.4) is 0 Å². The van der Waals surface area contributed by atoms with E-state index in [-0.39, 0.29) is 12.4 Å². The molecular weight excluding hydrogens is 350 g/mol. The molecule has 0 saturated carbocycles. The van der Waals surface area contributed by atoms with E-state index in [0.29, 0.717) is 5.56 Å². The fourth-order valence-corrected chi connectivity index (χ4v) is 3.60. The fourth-order valence-electron chi connectivity index (χ4n) is 3.60. The van der Waals surface area contributed by atoms with Crippen LogP contribution < -0.4 is 0 Å². The lowest BCUT2D eigenvalue weighted by atomic mass is 9.92. The SMILES string of the molecule is CC(=O)c1c(C)cc(C)c(COC(=O)/C=C/c2cccc3cccnc23)c1C. The summed E-state index contributed by atoms with van der Waals surface area (Å²) in [6.07, 6.45) is 4.86. The second kappa shape index (κ2) is 8.17. The number of pyridine rings is 1. The number of benzene rings is 2. The number of esters is 1.